The lowest BCUT2D eigenvalue weighted by Gasteiger charge is -2.22. The van der Waals surface area contributed by atoms with Crippen molar-refractivity contribution in [1.29, 1.82) is 0 Å². The first-order valence-corrected chi connectivity index (χ1v) is 6.96. The van der Waals surface area contributed by atoms with Crippen LogP contribution in [0, 0.1) is 5.82 Å². The SMILES string of the molecule is CN(c1ccccc1F)c1cc2c(cc1Br)C(=O)C(=O)N2. The number of carbonyl (C=O) groups is 2. The van der Waals surface area contributed by atoms with Crippen LogP contribution in [-0.2, 0) is 4.79 Å². The Bertz CT molecular complexity index is 776. The molecule has 1 amide bonds. The lowest BCUT2D eigenvalue weighted by atomic mass is 10.1. The molecule has 0 fully saturated rings. The van der Waals surface area contributed by atoms with Gasteiger partial charge in [0.25, 0.3) is 11.7 Å². The summed E-state index contributed by atoms with van der Waals surface area (Å²) in [6.07, 6.45) is 0. The van der Waals surface area contributed by atoms with Crippen molar-refractivity contribution in [3.05, 3.63) is 52.3 Å². The second-order valence-corrected chi connectivity index (χ2v) is 5.50. The molecule has 1 aliphatic rings. The average Bonchev–Trinajstić information content (AvgIpc) is 2.73. The van der Waals surface area contributed by atoms with Crippen molar-refractivity contribution in [2.75, 3.05) is 17.3 Å². The van der Waals surface area contributed by atoms with Gasteiger partial charge in [0, 0.05) is 11.5 Å². The smallest absolute Gasteiger partial charge is 0.296 e. The highest BCUT2D eigenvalue weighted by Gasteiger charge is 2.29. The van der Waals surface area contributed by atoms with Gasteiger partial charge in [0.2, 0.25) is 0 Å². The zero-order chi connectivity index (χ0) is 15.1. The Morgan fingerprint density at radius 1 is 1.14 bits per heavy atom. The number of ketones is 1. The number of nitrogens with one attached hydrogen (secondary N) is 1. The number of fused-ring (bicyclic) bond motifs is 1. The molecule has 0 spiro atoms. The van der Waals surface area contributed by atoms with E-state index in [9.17, 15) is 14.0 Å². The van der Waals surface area contributed by atoms with E-state index in [4.69, 9.17) is 0 Å². The van der Waals surface area contributed by atoms with Crippen LogP contribution < -0.4 is 10.2 Å². The van der Waals surface area contributed by atoms with Gasteiger partial charge in [-0.3, -0.25) is 9.59 Å². The number of amides is 1. The monoisotopic (exact) mass is 348 g/mol. The molecule has 1 N–H and O–H groups in total. The molecule has 4 nitrogen and oxygen atoms in total. The van der Waals surface area contributed by atoms with Gasteiger partial charge in [-0.2, -0.15) is 0 Å². The van der Waals surface area contributed by atoms with Gasteiger partial charge in [-0.05, 0) is 40.2 Å². The molecule has 2 aromatic rings. The van der Waals surface area contributed by atoms with E-state index in [1.54, 1.807) is 42.3 Å². The molecule has 0 saturated carbocycles. The fourth-order valence-electron chi connectivity index (χ4n) is 2.27. The highest BCUT2D eigenvalue weighted by molar-refractivity contribution is 9.10. The predicted octanol–water partition coefficient (Wildman–Crippen LogP) is 3.49. The molecule has 0 aromatic heterocycles. The summed E-state index contributed by atoms with van der Waals surface area (Å²) >= 11 is 3.36. The zero-order valence-electron chi connectivity index (χ0n) is 11.0. The van der Waals surface area contributed by atoms with Gasteiger partial charge in [0.05, 0.1) is 22.6 Å². The first kappa shape index (κ1) is 13.8. The van der Waals surface area contributed by atoms with E-state index >= 15 is 0 Å². The maximum Gasteiger partial charge on any atom is 0.296 e. The molecule has 0 aliphatic carbocycles. The van der Waals surface area contributed by atoms with Gasteiger partial charge in [-0.1, -0.05) is 12.1 Å². The number of anilines is 3. The number of benzene rings is 2. The van der Waals surface area contributed by atoms with Gasteiger partial charge < -0.3 is 10.2 Å². The Hall–Kier alpha value is -2.21. The van der Waals surface area contributed by atoms with Crippen molar-refractivity contribution in [3.63, 3.8) is 0 Å². The summed E-state index contributed by atoms with van der Waals surface area (Å²) in [7, 11) is 1.71. The lowest BCUT2D eigenvalue weighted by molar-refractivity contribution is -0.112. The van der Waals surface area contributed by atoms with Crippen LogP contribution in [0.25, 0.3) is 0 Å². The molecule has 3 rings (SSSR count). The summed E-state index contributed by atoms with van der Waals surface area (Å²) in [5.41, 5.74) is 1.80. The maximum absolute atomic E-state index is 13.9. The third kappa shape index (κ3) is 2.21. The molecule has 6 heteroatoms. The lowest BCUT2D eigenvalue weighted by Crippen LogP contribution is -2.12. The number of halogens is 2. The normalized spacial score (nSPS) is 13.1. The second kappa shape index (κ2) is 4.96. The molecule has 21 heavy (non-hydrogen) atoms. The Labute approximate surface area is 128 Å². The number of para-hydroxylation sites is 1. The number of rotatable bonds is 2. The van der Waals surface area contributed by atoms with Crippen LogP contribution >= 0.6 is 15.9 Å². The van der Waals surface area contributed by atoms with Gasteiger partial charge in [0.1, 0.15) is 5.82 Å². The minimum atomic E-state index is -0.650. The van der Waals surface area contributed by atoms with Gasteiger partial charge in [0.15, 0.2) is 0 Å². The van der Waals surface area contributed by atoms with Crippen molar-refractivity contribution in [1.82, 2.24) is 0 Å². The van der Waals surface area contributed by atoms with Crippen molar-refractivity contribution in [3.8, 4) is 0 Å². The summed E-state index contributed by atoms with van der Waals surface area (Å²) in [5, 5.41) is 2.51. The van der Waals surface area contributed by atoms with E-state index in [-0.39, 0.29) is 5.82 Å². The fraction of sp³-hybridized carbons (Fsp3) is 0.0667. The minimum absolute atomic E-state index is 0.317. The fourth-order valence-corrected chi connectivity index (χ4v) is 2.87. The minimum Gasteiger partial charge on any atom is -0.341 e. The number of carbonyl (C=O) groups excluding carboxylic acids is 2. The molecule has 0 unspecified atom stereocenters. The third-order valence-corrected chi connectivity index (χ3v) is 4.00. The van der Waals surface area contributed by atoms with E-state index in [1.807, 2.05) is 0 Å². The predicted molar refractivity (Wildman–Crippen MR) is 81.6 cm³/mol. The molecule has 0 radical (unpaired) electrons. The van der Waals surface area contributed by atoms with E-state index in [2.05, 4.69) is 21.2 Å². The standard InChI is InChI=1S/C15H10BrFN2O2/c1-19(12-5-3-2-4-10(12)17)13-7-11-8(6-9(13)16)14(20)15(21)18-11/h2-7H,1H3,(H,18,20,21). The topological polar surface area (TPSA) is 49.4 Å². The number of nitrogens with zero attached hydrogens (tertiary/aromatic N) is 1. The van der Waals surface area contributed by atoms with Crippen molar-refractivity contribution in [2.24, 2.45) is 0 Å². The highest BCUT2D eigenvalue weighted by Crippen LogP contribution is 2.38. The van der Waals surface area contributed by atoms with Crippen molar-refractivity contribution >= 4 is 44.7 Å². The first-order valence-electron chi connectivity index (χ1n) is 6.16. The van der Waals surface area contributed by atoms with Crippen LogP contribution in [0.1, 0.15) is 10.4 Å². The van der Waals surface area contributed by atoms with E-state index < -0.39 is 11.7 Å². The van der Waals surface area contributed by atoms with Crippen molar-refractivity contribution < 1.29 is 14.0 Å². The molecule has 2 aromatic carbocycles. The summed E-state index contributed by atoms with van der Waals surface area (Å²) < 4.78 is 14.5. The average molecular weight is 349 g/mol. The second-order valence-electron chi connectivity index (χ2n) is 4.64. The van der Waals surface area contributed by atoms with E-state index in [0.29, 0.717) is 27.1 Å². The number of hydrogen-bond donors (Lipinski definition) is 1. The van der Waals surface area contributed by atoms with Crippen LogP contribution in [0.5, 0.6) is 0 Å². The zero-order valence-corrected chi connectivity index (χ0v) is 12.6. The third-order valence-electron chi connectivity index (χ3n) is 3.36. The summed E-state index contributed by atoms with van der Waals surface area (Å²) in [6, 6.07) is 9.60. The molecular formula is C15H10BrFN2O2. The molecule has 106 valence electrons. The summed E-state index contributed by atoms with van der Waals surface area (Å²) in [4.78, 5) is 24.7. The summed E-state index contributed by atoms with van der Waals surface area (Å²) in [5.74, 6) is -1.57. The highest BCUT2D eigenvalue weighted by atomic mass is 79.9. The van der Waals surface area contributed by atoms with Crippen LogP contribution in [-0.4, -0.2) is 18.7 Å². The van der Waals surface area contributed by atoms with Crippen LogP contribution in [0.3, 0.4) is 0 Å². The Balaban J connectivity index is 2.09. The number of hydrogen-bond acceptors (Lipinski definition) is 3. The molecule has 1 heterocycles. The first-order chi connectivity index (χ1) is 9.99. The molecule has 0 saturated heterocycles. The van der Waals surface area contributed by atoms with Gasteiger partial charge >= 0.3 is 0 Å². The Morgan fingerprint density at radius 3 is 2.57 bits per heavy atom. The molecule has 1 aliphatic heterocycles. The molecule has 0 atom stereocenters. The van der Waals surface area contributed by atoms with Crippen LogP contribution in [0.4, 0.5) is 21.5 Å². The maximum atomic E-state index is 13.9. The molecular weight excluding hydrogens is 339 g/mol. The van der Waals surface area contributed by atoms with E-state index in [0.717, 1.165) is 0 Å². The molecule has 0 bridgehead atoms. The largest absolute Gasteiger partial charge is 0.341 e. The van der Waals surface area contributed by atoms with E-state index in [1.165, 1.54) is 6.07 Å². The van der Waals surface area contributed by atoms with Crippen LogP contribution in [0.2, 0.25) is 0 Å². The Kier molecular flexibility index (Phi) is 3.25. The number of Topliss-reactive ketones (excluding diaryl/α,β-unsaturated/α-hetero) is 1. The quantitative estimate of drug-likeness (QED) is 0.845. The Morgan fingerprint density at radius 2 is 1.86 bits per heavy atom. The van der Waals surface area contributed by atoms with Crippen LogP contribution in [0.15, 0.2) is 40.9 Å². The van der Waals surface area contributed by atoms with Crippen molar-refractivity contribution in [2.45, 2.75) is 0 Å². The van der Waals surface area contributed by atoms with Gasteiger partial charge in [-0.15, -0.1) is 0 Å². The summed E-state index contributed by atoms with van der Waals surface area (Å²) in [6.45, 7) is 0. The van der Waals surface area contributed by atoms with Gasteiger partial charge in [-0.25, -0.2) is 4.39 Å².